The van der Waals surface area contributed by atoms with Crippen molar-refractivity contribution in [2.75, 3.05) is 57.0 Å². The van der Waals surface area contributed by atoms with Crippen molar-refractivity contribution < 1.29 is 191 Å². The number of carboxylic acid groups (broad SMARTS) is 6. The maximum atomic E-state index is 11.8. The van der Waals surface area contributed by atoms with Crippen molar-refractivity contribution in [2.24, 2.45) is 17.8 Å². The predicted molar refractivity (Wildman–Crippen MR) is 185 cm³/mol. The zero-order valence-electron chi connectivity index (χ0n) is 33.5. The van der Waals surface area contributed by atoms with Gasteiger partial charge in [0.2, 0.25) is 17.7 Å². The second-order valence-corrected chi connectivity index (χ2v) is 20.4. The van der Waals surface area contributed by atoms with E-state index in [1.165, 1.54) is 0 Å². The van der Waals surface area contributed by atoms with E-state index in [0.29, 0.717) is 38.9 Å². The maximum absolute atomic E-state index is 11.8. The van der Waals surface area contributed by atoms with Crippen LogP contribution >= 0.6 is 22.1 Å². The number of hydrogen-bond donors (Lipinski definition) is 6. The normalized spacial score (nSPS) is 19.1. The Balaban J connectivity index is -0.000000792. The van der Waals surface area contributed by atoms with E-state index in [-0.39, 0.29) is 126 Å². The van der Waals surface area contributed by atoms with Gasteiger partial charge in [0.1, 0.15) is 0 Å². The van der Waals surface area contributed by atoms with Gasteiger partial charge >= 0.3 is 124 Å². The van der Waals surface area contributed by atoms with E-state index in [1.54, 1.807) is 0 Å². The fourth-order valence-corrected chi connectivity index (χ4v) is 11.5. The van der Waals surface area contributed by atoms with Crippen LogP contribution in [0.4, 0.5) is 0 Å². The van der Waals surface area contributed by atoms with Crippen LogP contribution in [0.3, 0.4) is 0 Å². The molecule has 24 nitrogen and oxygen atoms in total. The number of carbonyl (C=O) groups excluding carboxylic acids is 3. The minimum Gasteiger partial charge on any atom is -0.798 e. The number of likely N-dealkylation sites (tertiary alicyclic amines) is 3. The average Bonchev–Trinajstić information content (AvgIpc) is 3.76. The van der Waals surface area contributed by atoms with Crippen LogP contribution < -0.4 is 103 Å². The number of carboxylic acids is 6. The zero-order valence-corrected chi connectivity index (χ0v) is 42.1. The fraction of sp³-hybridized carbons (Fsp3) is 0.700. The monoisotopic (exact) mass is 945 g/mol. The van der Waals surface area contributed by atoms with Gasteiger partial charge in [-0.2, -0.15) is 0 Å². The van der Waals surface area contributed by atoms with E-state index in [1.807, 2.05) is 0 Å². The van der Waals surface area contributed by atoms with Crippen molar-refractivity contribution in [1.29, 1.82) is 0 Å². The predicted octanol–water partition coefficient (Wildman–Crippen LogP) is -10.8. The van der Waals surface area contributed by atoms with Crippen molar-refractivity contribution in [2.45, 2.75) is 57.8 Å². The van der Waals surface area contributed by atoms with E-state index < -0.39 is 132 Å². The second kappa shape index (κ2) is 29.3. The first-order valence-electron chi connectivity index (χ1n) is 17.2. The summed E-state index contributed by atoms with van der Waals surface area (Å²) < 4.78 is 35.4. The van der Waals surface area contributed by atoms with Crippen molar-refractivity contribution >= 4 is 75.6 Å². The minimum absolute atomic E-state index is 0. The van der Waals surface area contributed by atoms with Gasteiger partial charge < -0.3 is 73.7 Å². The summed E-state index contributed by atoms with van der Waals surface area (Å²) in [5.74, 6) is -13.8. The van der Waals surface area contributed by atoms with Gasteiger partial charge in [-0.05, 0) is 19.3 Å². The van der Waals surface area contributed by atoms with Gasteiger partial charge in [0.15, 0.2) is 0 Å². The molecule has 3 aliphatic heterocycles. The van der Waals surface area contributed by atoms with E-state index in [4.69, 9.17) is 30.6 Å². The van der Waals surface area contributed by atoms with Gasteiger partial charge in [-0.25, -0.2) is 0 Å². The summed E-state index contributed by atoms with van der Waals surface area (Å²) in [5.41, 5.74) is 0. The van der Waals surface area contributed by atoms with Gasteiger partial charge in [-0.3, -0.25) is 43.2 Å². The molecule has 0 aliphatic carbocycles. The average molecular weight is 946 g/mol. The summed E-state index contributed by atoms with van der Waals surface area (Å²) in [4.78, 5) is 137. The molecule has 0 radical (unpaired) electrons. The minimum atomic E-state index is -4.13. The van der Waals surface area contributed by atoms with Gasteiger partial charge in [0, 0.05) is 79.5 Å². The van der Waals surface area contributed by atoms with Crippen LogP contribution in [-0.2, 0) is 56.8 Å². The number of aliphatic carboxylic acids is 6. The van der Waals surface area contributed by atoms with Gasteiger partial charge in [-0.15, -0.1) is 0 Å². The molecule has 3 amide bonds. The molecule has 60 heavy (non-hydrogen) atoms. The van der Waals surface area contributed by atoms with E-state index in [2.05, 4.69) is 0 Å². The van der Waals surface area contributed by atoms with Crippen molar-refractivity contribution in [3.05, 3.63) is 0 Å². The SMILES string of the molecule is O=C(O)CC(CP(=O)([O-])CN1CCCC1=O)C(=O)O.O=C(O)CC(CP(=O)([O-])CN1CCCC1=O)C(=O)O.O=C(O)CC(CP(=O)([O-])CN1CCCC1=O)C(=O)O.[Na+].[Na+].[Na+]. The molecule has 0 aromatic heterocycles. The molecule has 30 heteroatoms. The Hall–Kier alpha value is -1.20. The van der Waals surface area contributed by atoms with Crippen LogP contribution in [0.1, 0.15) is 57.8 Å². The Morgan fingerprint density at radius 2 is 0.667 bits per heavy atom. The molecule has 3 rings (SSSR count). The van der Waals surface area contributed by atoms with Crippen LogP contribution in [0.25, 0.3) is 0 Å². The summed E-state index contributed by atoms with van der Waals surface area (Å²) in [6.07, 6.45) is -3.47. The molecule has 3 fully saturated rings. The topological polar surface area (TPSA) is 405 Å². The Bertz CT molecular complexity index is 1510. The van der Waals surface area contributed by atoms with Crippen LogP contribution in [0, 0.1) is 17.8 Å². The first-order valence-corrected chi connectivity index (χ1v) is 23.2. The smallest absolute Gasteiger partial charge is 0.798 e. The third kappa shape index (κ3) is 25.8. The third-order valence-corrected chi connectivity index (χ3v) is 13.8. The molecule has 3 aliphatic rings. The van der Waals surface area contributed by atoms with Gasteiger partial charge in [-0.1, -0.05) is 0 Å². The van der Waals surface area contributed by atoms with Crippen LogP contribution in [0.2, 0.25) is 0 Å². The molecule has 0 aromatic carbocycles. The first-order chi connectivity index (χ1) is 26.1. The standard InChI is InChI=1S/3C10H16NO7P.3Na/c3*12-8-2-1-3-11(8)6-19(17,18)5-7(10(15)16)4-9(13)14;;;/h3*7H,1-6H2,(H,13,14)(H,15,16)(H,17,18);;;/q;;;3*+1/p-3. The maximum Gasteiger partial charge on any atom is 1.00 e. The zero-order chi connectivity index (χ0) is 43.9. The fourth-order valence-electron chi connectivity index (χ4n) is 5.84. The van der Waals surface area contributed by atoms with E-state index in [0.717, 1.165) is 14.7 Å². The van der Waals surface area contributed by atoms with Crippen LogP contribution in [0.5, 0.6) is 0 Å². The molecule has 0 saturated carbocycles. The van der Waals surface area contributed by atoms with Crippen molar-refractivity contribution in [3.63, 3.8) is 0 Å². The number of amides is 3. The third-order valence-electron chi connectivity index (χ3n) is 8.48. The summed E-state index contributed by atoms with van der Waals surface area (Å²) in [7, 11) is -12.4. The molecular weight excluding hydrogens is 900 g/mol. The molecule has 6 N–H and O–H groups in total. The molecule has 0 spiro atoms. The second-order valence-electron chi connectivity index (χ2n) is 13.6. The Labute approximate surface area is 410 Å². The largest absolute Gasteiger partial charge is 1.00 e. The molecule has 0 bridgehead atoms. The summed E-state index contributed by atoms with van der Waals surface area (Å²) in [5, 5.41) is 52.0. The number of rotatable bonds is 21. The summed E-state index contributed by atoms with van der Waals surface area (Å²) in [6, 6.07) is 0. The summed E-state index contributed by atoms with van der Waals surface area (Å²) >= 11 is 0. The Morgan fingerprint density at radius 3 is 0.800 bits per heavy atom. The van der Waals surface area contributed by atoms with Crippen molar-refractivity contribution in [1.82, 2.24) is 14.7 Å². The van der Waals surface area contributed by atoms with E-state index in [9.17, 15) is 71.5 Å². The Morgan fingerprint density at radius 1 is 0.467 bits per heavy atom. The van der Waals surface area contributed by atoms with Gasteiger partial charge in [0.05, 0.1) is 55.9 Å². The molecular formula is C30H45N3Na3O21P3. The molecule has 324 valence electrons. The molecule has 6 atom stereocenters. The number of carbonyl (C=O) groups is 9. The quantitative estimate of drug-likeness (QED) is 0.0459. The van der Waals surface area contributed by atoms with Crippen LogP contribution in [-0.4, -0.2) is 156 Å². The van der Waals surface area contributed by atoms with Gasteiger partial charge in [0.25, 0.3) is 0 Å². The summed E-state index contributed by atoms with van der Waals surface area (Å²) in [6.45, 7) is 1.01. The first kappa shape index (κ1) is 63.1. The Kier molecular flexibility index (Phi) is 30.8. The van der Waals surface area contributed by atoms with Crippen molar-refractivity contribution in [3.8, 4) is 0 Å². The molecule has 6 unspecified atom stereocenters. The number of nitrogens with zero attached hydrogens (tertiary/aromatic N) is 3. The molecule has 0 aromatic rings. The van der Waals surface area contributed by atoms with Crippen LogP contribution in [0.15, 0.2) is 0 Å². The molecule has 3 heterocycles. The molecule has 3 saturated heterocycles. The van der Waals surface area contributed by atoms with E-state index >= 15 is 0 Å². The number of hydrogen-bond acceptors (Lipinski definition) is 15.